The van der Waals surface area contributed by atoms with Crippen molar-refractivity contribution in [3.63, 3.8) is 0 Å². The number of hydrogen-bond donors (Lipinski definition) is 1. The Kier molecular flexibility index (Phi) is 5.83. The number of fused-ring (bicyclic) bond motifs is 2. The second kappa shape index (κ2) is 8.51. The van der Waals surface area contributed by atoms with Crippen molar-refractivity contribution < 1.29 is 9.90 Å². The molecule has 1 N–H and O–H groups in total. The maximum Gasteiger partial charge on any atom is 0.262 e. The van der Waals surface area contributed by atoms with Gasteiger partial charge in [-0.15, -0.1) is 0 Å². The molecule has 0 saturated heterocycles. The van der Waals surface area contributed by atoms with Crippen LogP contribution in [-0.2, 0) is 19.4 Å². The number of aliphatic hydroxyl groups excluding tert-OH is 1. The van der Waals surface area contributed by atoms with Crippen LogP contribution in [0.4, 0.5) is 0 Å². The number of carbonyl (C=O) groups excluding carboxylic acids is 1. The lowest BCUT2D eigenvalue weighted by atomic mass is 10.0. The summed E-state index contributed by atoms with van der Waals surface area (Å²) in [4.78, 5) is 30.6. The van der Waals surface area contributed by atoms with Gasteiger partial charge in [0.1, 0.15) is 0 Å². The van der Waals surface area contributed by atoms with E-state index in [0.717, 1.165) is 24.8 Å². The van der Waals surface area contributed by atoms with E-state index in [1.807, 2.05) is 37.3 Å². The fourth-order valence-corrected chi connectivity index (χ4v) is 4.85. The number of nitrogens with zero attached hydrogens (tertiary/aromatic N) is 2. The minimum Gasteiger partial charge on any atom is -0.396 e. The number of aromatic nitrogens is 2. The van der Waals surface area contributed by atoms with Crippen molar-refractivity contribution in [3.05, 3.63) is 69.5 Å². The molecule has 3 aromatic rings. The summed E-state index contributed by atoms with van der Waals surface area (Å²) in [5.41, 5.74) is 3.82. The van der Waals surface area contributed by atoms with Gasteiger partial charge in [-0.1, -0.05) is 36.0 Å². The normalized spacial score (nSPS) is 14.1. The van der Waals surface area contributed by atoms with Crippen molar-refractivity contribution in [1.82, 2.24) is 9.55 Å². The second-order valence-corrected chi connectivity index (χ2v) is 8.71. The van der Waals surface area contributed by atoms with Crippen LogP contribution >= 0.6 is 11.8 Å². The van der Waals surface area contributed by atoms with Gasteiger partial charge in [-0.3, -0.25) is 14.2 Å². The first-order valence-electron chi connectivity index (χ1n) is 10.0. The minimum atomic E-state index is -0.372. The Morgan fingerprint density at radius 2 is 2.00 bits per heavy atom. The molecule has 1 unspecified atom stereocenters. The highest BCUT2D eigenvalue weighted by Gasteiger charge is 2.22. The lowest BCUT2D eigenvalue weighted by Crippen LogP contribution is -2.25. The van der Waals surface area contributed by atoms with Gasteiger partial charge in [0.25, 0.3) is 5.56 Å². The Morgan fingerprint density at radius 3 is 2.83 bits per heavy atom. The average Bonchev–Trinajstić information content (AvgIpc) is 3.21. The monoisotopic (exact) mass is 408 g/mol. The molecule has 0 fully saturated rings. The maximum absolute atomic E-state index is 13.0. The molecule has 29 heavy (non-hydrogen) atoms. The van der Waals surface area contributed by atoms with Crippen LogP contribution in [0.25, 0.3) is 10.9 Å². The molecular weight excluding hydrogens is 384 g/mol. The van der Waals surface area contributed by atoms with Crippen LogP contribution in [0.15, 0.2) is 52.4 Å². The minimum absolute atomic E-state index is 0.00696. The van der Waals surface area contributed by atoms with Crippen molar-refractivity contribution in [2.75, 3.05) is 6.61 Å². The number of benzene rings is 2. The van der Waals surface area contributed by atoms with Crippen LogP contribution in [0.3, 0.4) is 0 Å². The highest BCUT2D eigenvalue weighted by Crippen LogP contribution is 2.28. The zero-order valence-electron chi connectivity index (χ0n) is 16.4. The van der Waals surface area contributed by atoms with Gasteiger partial charge in [0.15, 0.2) is 10.9 Å². The fraction of sp³-hybridized carbons (Fsp3) is 0.348. The van der Waals surface area contributed by atoms with E-state index in [1.165, 1.54) is 22.9 Å². The summed E-state index contributed by atoms with van der Waals surface area (Å²) < 4.78 is 1.58. The third-order valence-corrected chi connectivity index (χ3v) is 6.49. The second-order valence-electron chi connectivity index (χ2n) is 7.41. The largest absolute Gasteiger partial charge is 0.396 e. The summed E-state index contributed by atoms with van der Waals surface area (Å²) in [5, 5.41) is 9.92. The maximum atomic E-state index is 13.0. The quantitative estimate of drug-likeness (QED) is 0.367. The van der Waals surface area contributed by atoms with Gasteiger partial charge in [0.05, 0.1) is 16.2 Å². The molecule has 2 aromatic carbocycles. The highest BCUT2D eigenvalue weighted by atomic mass is 32.2. The molecule has 0 amide bonds. The molecule has 1 aliphatic carbocycles. The SMILES string of the molecule is CC(Sc1nc2ccccc2c(=O)n1CCCO)C(=O)c1ccc2c(c1)CCC2. The Bertz CT molecular complexity index is 1120. The summed E-state index contributed by atoms with van der Waals surface area (Å²) in [5.74, 6) is 0.0424. The number of aliphatic hydroxyl groups is 1. The first kappa shape index (κ1) is 19.9. The first-order valence-corrected chi connectivity index (χ1v) is 10.9. The number of ketones is 1. The molecule has 0 aliphatic heterocycles. The standard InChI is InChI=1S/C23H24N2O3S/c1-15(21(27)18-11-10-16-6-4-7-17(16)14-18)29-23-24-20-9-3-2-8-19(20)22(28)25(23)12-5-13-26/h2-3,8-11,14-15,26H,4-7,12-13H2,1H3. The van der Waals surface area contributed by atoms with Crippen LogP contribution in [0.1, 0.15) is 41.3 Å². The third kappa shape index (κ3) is 4.00. The van der Waals surface area contributed by atoms with Crippen LogP contribution < -0.4 is 5.56 Å². The number of Topliss-reactive ketones (excluding diaryl/α,β-unsaturated/α-hetero) is 1. The van der Waals surface area contributed by atoms with Crippen LogP contribution in [0, 0.1) is 0 Å². The van der Waals surface area contributed by atoms with Crippen molar-refractivity contribution in [1.29, 1.82) is 0 Å². The average molecular weight is 409 g/mol. The number of para-hydroxylation sites is 1. The van der Waals surface area contributed by atoms with Gasteiger partial charge in [-0.25, -0.2) is 4.98 Å². The van der Waals surface area contributed by atoms with Gasteiger partial charge in [0.2, 0.25) is 0 Å². The Balaban J connectivity index is 1.65. The Labute approximate surface area is 173 Å². The predicted octanol–water partition coefficient (Wildman–Crippen LogP) is 3.63. The molecule has 4 rings (SSSR count). The fourth-order valence-electron chi connectivity index (χ4n) is 3.84. The van der Waals surface area contributed by atoms with Gasteiger partial charge < -0.3 is 5.11 Å². The van der Waals surface area contributed by atoms with E-state index in [1.54, 1.807) is 10.6 Å². The Hall–Kier alpha value is -2.44. The van der Waals surface area contributed by atoms with Crippen LogP contribution in [-0.4, -0.2) is 32.3 Å². The molecule has 150 valence electrons. The van der Waals surface area contributed by atoms with Gasteiger partial charge in [-0.2, -0.15) is 0 Å². The van der Waals surface area contributed by atoms with E-state index in [0.29, 0.717) is 29.0 Å². The van der Waals surface area contributed by atoms with Crippen molar-refractivity contribution in [2.24, 2.45) is 0 Å². The zero-order valence-corrected chi connectivity index (χ0v) is 17.2. The van der Waals surface area contributed by atoms with E-state index in [4.69, 9.17) is 0 Å². The number of thioether (sulfide) groups is 1. The molecule has 1 atom stereocenters. The number of aryl methyl sites for hydroxylation is 2. The number of carbonyl (C=O) groups is 1. The van der Waals surface area contributed by atoms with E-state index in [9.17, 15) is 14.7 Å². The van der Waals surface area contributed by atoms with Gasteiger partial charge in [0, 0.05) is 18.7 Å². The van der Waals surface area contributed by atoms with Crippen LogP contribution in [0.5, 0.6) is 0 Å². The summed E-state index contributed by atoms with van der Waals surface area (Å²) in [6.07, 6.45) is 3.73. The van der Waals surface area contributed by atoms with E-state index in [-0.39, 0.29) is 23.2 Å². The summed E-state index contributed by atoms with van der Waals surface area (Å²) in [7, 11) is 0. The van der Waals surface area contributed by atoms with Crippen LogP contribution in [0.2, 0.25) is 0 Å². The molecule has 1 heterocycles. The lowest BCUT2D eigenvalue weighted by Gasteiger charge is -2.16. The summed E-state index contributed by atoms with van der Waals surface area (Å²) >= 11 is 1.31. The molecule has 0 spiro atoms. The molecule has 1 aliphatic rings. The predicted molar refractivity (Wildman–Crippen MR) is 116 cm³/mol. The third-order valence-electron chi connectivity index (χ3n) is 5.40. The van der Waals surface area contributed by atoms with Crippen molar-refractivity contribution in [2.45, 2.75) is 49.6 Å². The lowest BCUT2D eigenvalue weighted by molar-refractivity contribution is 0.0993. The van der Waals surface area contributed by atoms with E-state index >= 15 is 0 Å². The smallest absolute Gasteiger partial charge is 0.262 e. The number of rotatable bonds is 7. The number of hydrogen-bond acceptors (Lipinski definition) is 5. The molecule has 0 saturated carbocycles. The van der Waals surface area contributed by atoms with Gasteiger partial charge in [-0.05, 0) is 61.9 Å². The highest BCUT2D eigenvalue weighted by molar-refractivity contribution is 8.00. The van der Waals surface area contributed by atoms with Crippen molar-refractivity contribution >= 4 is 28.4 Å². The molecule has 6 heteroatoms. The topological polar surface area (TPSA) is 72.2 Å². The van der Waals surface area contributed by atoms with Crippen molar-refractivity contribution in [3.8, 4) is 0 Å². The first-order chi connectivity index (χ1) is 14.1. The van der Waals surface area contributed by atoms with E-state index in [2.05, 4.69) is 11.1 Å². The molecule has 0 bridgehead atoms. The van der Waals surface area contributed by atoms with E-state index < -0.39 is 0 Å². The molecule has 1 aromatic heterocycles. The molecule has 0 radical (unpaired) electrons. The van der Waals surface area contributed by atoms with Gasteiger partial charge >= 0.3 is 0 Å². The zero-order chi connectivity index (χ0) is 20.4. The Morgan fingerprint density at radius 1 is 1.21 bits per heavy atom. The molecular formula is C23H24N2O3S. The summed E-state index contributed by atoms with van der Waals surface area (Å²) in [6.45, 7) is 2.22. The summed E-state index contributed by atoms with van der Waals surface area (Å²) in [6, 6.07) is 13.2. The molecule has 5 nitrogen and oxygen atoms in total.